The van der Waals surface area contributed by atoms with Crippen molar-refractivity contribution in [1.82, 2.24) is 0 Å². The summed E-state index contributed by atoms with van der Waals surface area (Å²) in [5.74, 6) is -0.896. The normalized spacial score (nSPS) is 12.1. The first kappa shape index (κ1) is 47.9. The first-order chi connectivity index (χ1) is 24.5. The Morgan fingerprint density at radius 1 is 0.380 bits per heavy atom. The number of hydrogen-bond acceptors (Lipinski definition) is 6. The van der Waals surface area contributed by atoms with Gasteiger partial charge in [0.1, 0.15) is 13.2 Å². The van der Waals surface area contributed by atoms with Crippen LogP contribution in [0.2, 0.25) is 0 Å². The highest BCUT2D eigenvalue weighted by Gasteiger charge is 2.19. The van der Waals surface area contributed by atoms with Crippen molar-refractivity contribution in [2.24, 2.45) is 0 Å². The van der Waals surface area contributed by atoms with Crippen molar-refractivity contribution in [3.05, 3.63) is 24.3 Å². The van der Waals surface area contributed by atoms with Crippen molar-refractivity contribution in [1.29, 1.82) is 0 Å². The Balaban J connectivity index is 4.38. The third-order valence-electron chi connectivity index (χ3n) is 9.16. The molecular formula is C44H80O6. The lowest BCUT2D eigenvalue weighted by Gasteiger charge is -2.18. The quantitative estimate of drug-likeness (QED) is 0.0275. The number of esters is 3. The molecule has 0 N–H and O–H groups in total. The Bertz CT molecular complexity index is 819. The van der Waals surface area contributed by atoms with Crippen LogP contribution in [0.15, 0.2) is 24.3 Å². The molecule has 0 saturated heterocycles. The number of ether oxygens (including phenoxy) is 3. The molecule has 0 saturated carbocycles. The van der Waals surface area contributed by atoms with Gasteiger partial charge in [-0.15, -0.1) is 0 Å². The van der Waals surface area contributed by atoms with Gasteiger partial charge in [-0.3, -0.25) is 14.4 Å². The third kappa shape index (κ3) is 37.2. The molecule has 0 radical (unpaired) electrons. The molecule has 0 spiro atoms. The maximum absolute atomic E-state index is 12.6. The van der Waals surface area contributed by atoms with Crippen LogP contribution in [-0.2, 0) is 28.6 Å². The van der Waals surface area contributed by atoms with Crippen LogP contribution in [0.3, 0.4) is 0 Å². The van der Waals surface area contributed by atoms with E-state index in [9.17, 15) is 14.4 Å². The highest BCUT2D eigenvalue weighted by molar-refractivity contribution is 5.71. The standard InChI is InChI=1S/C44H80O6/c1-4-7-10-13-16-19-22-25-28-31-34-37-43(46)49-40-41(39-48-42(45)36-33-30-27-24-21-18-15-12-9-6-3)50-44(47)38-35-32-29-26-23-20-17-14-11-8-5-2/h12-13,15-16,41H,4-11,14,17-40H2,1-3H3/b15-12-,16-13-. The Labute approximate surface area is 309 Å². The smallest absolute Gasteiger partial charge is 0.306 e. The topological polar surface area (TPSA) is 78.9 Å². The van der Waals surface area contributed by atoms with Crippen LogP contribution in [0, 0.1) is 0 Å². The van der Waals surface area contributed by atoms with Crippen LogP contribution in [0.1, 0.15) is 220 Å². The molecule has 0 bridgehead atoms. The minimum absolute atomic E-state index is 0.0762. The molecule has 0 aromatic carbocycles. The third-order valence-corrected chi connectivity index (χ3v) is 9.16. The van der Waals surface area contributed by atoms with E-state index in [1.807, 2.05) is 0 Å². The van der Waals surface area contributed by atoms with E-state index in [1.165, 1.54) is 103 Å². The molecule has 1 unspecified atom stereocenters. The predicted octanol–water partition coefficient (Wildman–Crippen LogP) is 13.2. The lowest BCUT2D eigenvalue weighted by atomic mass is 10.1. The van der Waals surface area contributed by atoms with E-state index in [2.05, 4.69) is 45.1 Å². The lowest BCUT2D eigenvalue weighted by molar-refractivity contribution is -0.167. The zero-order valence-corrected chi connectivity index (χ0v) is 33.2. The Hall–Kier alpha value is -2.11. The SMILES string of the molecule is CCC/C=C\CCCCCCCC(=O)OCC(COC(=O)CCCCCCC/C=C\CCCC)OC(=O)CCCCCCCCCCCCC. The van der Waals surface area contributed by atoms with Gasteiger partial charge in [-0.05, 0) is 57.8 Å². The molecule has 0 amide bonds. The fraction of sp³-hybridized carbons (Fsp3) is 0.841. The van der Waals surface area contributed by atoms with E-state index < -0.39 is 6.10 Å². The van der Waals surface area contributed by atoms with Gasteiger partial charge < -0.3 is 14.2 Å². The molecule has 0 aromatic heterocycles. The summed E-state index contributed by atoms with van der Waals surface area (Å²) in [4.78, 5) is 37.5. The Morgan fingerprint density at radius 3 is 1.14 bits per heavy atom. The molecule has 0 heterocycles. The summed E-state index contributed by atoms with van der Waals surface area (Å²) in [6, 6.07) is 0. The second kappa shape index (κ2) is 39.7. The van der Waals surface area contributed by atoms with Gasteiger partial charge in [-0.2, -0.15) is 0 Å². The average Bonchev–Trinajstić information content (AvgIpc) is 3.11. The minimum Gasteiger partial charge on any atom is -0.462 e. The van der Waals surface area contributed by atoms with Crippen molar-refractivity contribution in [2.75, 3.05) is 13.2 Å². The largest absolute Gasteiger partial charge is 0.462 e. The van der Waals surface area contributed by atoms with Crippen molar-refractivity contribution in [3.63, 3.8) is 0 Å². The van der Waals surface area contributed by atoms with E-state index in [0.29, 0.717) is 19.3 Å². The number of hydrogen-bond donors (Lipinski definition) is 0. The van der Waals surface area contributed by atoms with Gasteiger partial charge in [0.05, 0.1) is 0 Å². The fourth-order valence-corrected chi connectivity index (χ4v) is 5.89. The van der Waals surface area contributed by atoms with Crippen molar-refractivity contribution in [2.45, 2.75) is 226 Å². The Kier molecular flexibility index (Phi) is 38.0. The molecule has 50 heavy (non-hydrogen) atoms. The molecule has 0 fully saturated rings. The van der Waals surface area contributed by atoms with Gasteiger partial charge in [-0.1, -0.05) is 167 Å². The highest BCUT2D eigenvalue weighted by Crippen LogP contribution is 2.14. The second-order valence-electron chi connectivity index (χ2n) is 14.3. The van der Waals surface area contributed by atoms with Crippen LogP contribution in [0.5, 0.6) is 0 Å². The lowest BCUT2D eigenvalue weighted by Crippen LogP contribution is -2.30. The molecule has 0 aliphatic heterocycles. The molecule has 1 atom stereocenters. The first-order valence-corrected chi connectivity index (χ1v) is 21.3. The van der Waals surface area contributed by atoms with Crippen LogP contribution >= 0.6 is 0 Å². The molecule has 0 rings (SSSR count). The number of rotatable bonds is 38. The summed E-state index contributed by atoms with van der Waals surface area (Å²) in [5.41, 5.74) is 0. The van der Waals surface area contributed by atoms with E-state index in [0.717, 1.165) is 77.0 Å². The van der Waals surface area contributed by atoms with E-state index in [1.54, 1.807) is 0 Å². The molecule has 6 heteroatoms. The predicted molar refractivity (Wildman–Crippen MR) is 210 cm³/mol. The zero-order valence-electron chi connectivity index (χ0n) is 33.2. The van der Waals surface area contributed by atoms with Crippen molar-refractivity contribution >= 4 is 17.9 Å². The summed E-state index contributed by atoms with van der Waals surface area (Å²) in [6.45, 7) is 6.50. The number of unbranched alkanes of at least 4 members (excludes halogenated alkanes) is 23. The van der Waals surface area contributed by atoms with E-state index >= 15 is 0 Å². The molecule has 0 aliphatic rings. The number of allylic oxidation sites excluding steroid dienone is 4. The monoisotopic (exact) mass is 705 g/mol. The van der Waals surface area contributed by atoms with E-state index in [4.69, 9.17) is 14.2 Å². The van der Waals surface area contributed by atoms with Crippen LogP contribution in [0.4, 0.5) is 0 Å². The number of carbonyl (C=O) groups excluding carboxylic acids is 3. The average molecular weight is 705 g/mol. The summed E-state index contributed by atoms with van der Waals surface area (Å²) in [7, 11) is 0. The van der Waals surface area contributed by atoms with Gasteiger partial charge in [0.15, 0.2) is 6.10 Å². The number of carbonyl (C=O) groups is 3. The molecular weight excluding hydrogens is 624 g/mol. The van der Waals surface area contributed by atoms with Crippen LogP contribution in [-0.4, -0.2) is 37.2 Å². The van der Waals surface area contributed by atoms with Gasteiger partial charge >= 0.3 is 17.9 Å². The maximum atomic E-state index is 12.6. The molecule has 0 aliphatic carbocycles. The van der Waals surface area contributed by atoms with Gasteiger partial charge in [0, 0.05) is 19.3 Å². The second-order valence-corrected chi connectivity index (χ2v) is 14.3. The summed E-state index contributed by atoms with van der Waals surface area (Å²) < 4.78 is 16.6. The highest BCUT2D eigenvalue weighted by atomic mass is 16.6. The van der Waals surface area contributed by atoms with Crippen LogP contribution < -0.4 is 0 Å². The summed E-state index contributed by atoms with van der Waals surface area (Å²) >= 11 is 0. The first-order valence-electron chi connectivity index (χ1n) is 21.3. The molecule has 6 nitrogen and oxygen atoms in total. The van der Waals surface area contributed by atoms with E-state index in [-0.39, 0.29) is 31.1 Å². The van der Waals surface area contributed by atoms with Crippen molar-refractivity contribution in [3.8, 4) is 0 Å². The van der Waals surface area contributed by atoms with Gasteiger partial charge in [0.25, 0.3) is 0 Å². The van der Waals surface area contributed by atoms with Crippen LogP contribution in [0.25, 0.3) is 0 Å². The Morgan fingerprint density at radius 2 is 0.720 bits per heavy atom. The molecule has 292 valence electrons. The fourth-order valence-electron chi connectivity index (χ4n) is 5.89. The molecule has 0 aromatic rings. The zero-order chi connectivity index (χ0) is 36.6. The summed E-state index contributed by atoms with van der Waals surface area (Å²) in [5, 5.41) is 0. The minimum atomic E-state index is -0.769. The van der Waals surface area contributed by atoms with Gasteiger partial charge in [0.2, 0.25) is 0 Å². The maximum Gasteiger partial charge on any atom is 0.306 e. The van der Waals surface area contributed by atoms with Crippen molar-refractivity contribution < 1.29 is 28.6 Å². The summed E-state index contributed by atoms with van der Waals surface area (Å²) in [6.07, 6.45) is 41.6. The van der Waals surface area contributed by atoms with Gasteiger partial charge in [-0.25, -0.2) is 0 Å².